The number of carbonyl (C=O) groups excluding carboxylic acids is 1. The second-order valence-corrected chi connectivity index (χ2v) is 8.38. The van der Waals surface area contributed by atoms with Gasteiger partial charge in [-0.3, -0.25) is 9.59 Å². The van der Waals surface area contributed by atoms with E-state index >= 15 is 0 Å². The average molecular weight is 375 g/mol. The predicted octanol–water partition coefficient (Wildman–Crippen LogP) is 2.12. The van der Waals surface area contributed by atoms with Gasteiger partial charge >= 0.3 is 0 Å². The number of hydrogen-bond acceptors (Lipinski definition) is 6. The fraction of sp³-hybridized carbons (Fsp3) is 0.667. The van der Waals surface area contributed by atoms with Crippen LogP contribution in [-0.4, -0.2) is 39.6 Å². The smallest absolute Gasteiger partial charge is 0.275 e. The first-order valence-electron chi connectivity index (χ1n) is 9.53. The predicted molar refractivity (Wildman–Crippen MR) is 102 cm³/mol. The summed E-state index contributed by atoms with van der Waals surface area (Å²) in [6, 6.07) is 1.84. The number of aryl methyl sites for hydroxylation is 1. The van der Waals surface area contributed by atoms with Crippen LogP contribution in [0.5, 0.6) is 0 Å². The normalized spacial score (nSPS) is 21.9. The van der Waals surface area contributed by atoms with Crippen LogP contribution < -0.4 is 15.8 Å². The van der Waals surface area contributed by atoms with Crippen LogP contribution in [0.25, 0.3) is 4.96 Å². The maximum absolute atomic E-state index is 12.7. The van der Waals surface area contributed by atoms with Crippen LogP contribution in [0.2, 0.25) is 0 Å². The van der Waals surface area contributed by atoms with Crippen molar-refractivity contribution in [1.82, 2.24) is 19.9 Å². The minimum atomic E-state index is -0.154. The Kier molecular flexibility index (Phi) is 4.93. The van der Waals surface area contributed by atoms with E-state index in [0.29, 0.717) is 23.2 Å². The van der Waals surface area contributed by atoms with Crippen LogP contribution >= 0.6 is 11.3 Å². The molecule has 8 heteroatoms. The standard InChI is InChI=1S/C18H25N5O2S/c1-12-10-15(24)23-17(19-12)26-18(21-23)22-9-5-6-13(11-22)16(25)20-14-7-3-2-4-8-14/h10,13-14H,2-9,11H2,1H3,(H,20,25). The molecule has 1 amide bonds. The maximum atomic E-state index is 12.7. The van der Waals surface area contributed by atoms with Gasteiger partial charge in [-0.1, -0.05) is 30.6 Å². The molecule has 2 aromatic rings. The highest BCUT2D eigenvalue weighted by Crippen LogP contribution is 2.27. The summed E-state index contributed by atoms with van der Waals surface area (Å²) in [5.41, 5.74) is 0.548. The van der Waals surface area contributed by atoms with E-state index in [9.17, 15) is 9.59 Å². The quantitative estimate of drug-likeness (QED) is 0.889. The Labute approximate surface area is 156 Å². The number of fused-ring (bicyclic) bond motifs is 1. The summed E-state index contributed by atoms with van der Waals surface area (Å²) in [5, 5.41) is 8.47. The molecular formula is C18H25N5O2S. The Morgan fingerprint density at radius 3 is 2.85 bits per heavy atom. The van der Waals surface area contributed by atoms with Gasteiger partial charge in [0.05, 0.1) is 5.92 Å². The highest BCUT2D eigenvalue weighted by Gasteiger charge is 2.29. The van der Waals surface area contributed by atoms with Gasteiger partial charge in [-0.2, -0.15) is 4.52 Å². The number of rotatable bonds is 3. The third kappa shape index (κ3) is 3.60. The van der Waals surface area contributed by atoms with Gasteiger partial charge in [-0.25, -0.2) is 4.98 Å². The fourth-order valence-corrected chi connectivity index (χ4v) is 4.96. The molecule has 1 N–H and O–H groups in total. The largest absolute Gasteiger partial charge is 0.353 e. The van der Waals surface area contributed by atoms with Crippen LogP contribution in [0.15, 0.2) is 10.9 Å². The van der Waals surface area contributed by atoms with E-state index in [-0.39, 0.29) is 17.4 Å². The molecule has 0 aromatic carbocycles. The van der Waals surface area contributed by atoms with Gasteiger partial charge in [0.1, 0.15) is 0 Å². The molecule has 2 aliphatic rings. The number of nitrogens with one attached hydrogen (secondary N) is 1. The zero-order chi connectivity index (χ0) is 18.1. The Morgan fingerprint density at radius 2 is 2.04 bits per heavy atom. The summed E-state index contributed by atoms with van der Waals surface area (Å²) < 4.78 is 1.36. The molecule has 3 heterocycles. The SMILES string of the molecule is Cc1cc(=O)n2nc(N3CCCC(C(=O)NC4CCCCC4)C3)sc2n1. The van der Waals surface area contributed by atoms with Crippen molar-refractivity contribution in [2.45, 2.75) is 57.9 Å². The summed E-state index contributed by atoms with van der Waals surface area (Å²) in [6.07, 6.45) is 7.80. The molecule has 1 atom stereocenters. The Morgan fingerprint density at radius 1 is 1.23 bits per heavy atom. The van der Waals surface area contributed by atoms with Crippen molar-refractivity contribution in [3.63, 3.8) is 0 Å². The monoisotopic (exact) mass is 375 g/mol. The molecule has 140 valence electrons. The molecule has 0 bridgehead atoms. The molecule has 0 radical (unpaired) electrons. The Hall–Kier alpha value is -1.96. The maximum Gasteiger partial charge on any atom is 0.275 e. The molecule has 1 unspecified atom stereocenters. The minimum Gasteiger partial charge on any atom is -0.353 e. The van der Waals surface area contributed by atoms with Crippen LogP contribution in [-0.2, 0) is 4.79 Å². The van der Waals surface area contributed by atoms with Crippen molar-refractivity contribution in [2.24, 2.45) is 5.92 Å². The molecule has 1 aliphatic heterocycles. The van der Waals surface area contributed by atoms with E-state index in [1.807, 2.05) is 6.92 Å². The van der Waals surface area contributed by atoms with Gasteiger partial charge in [0.25, 0.3) is 5.56 Å². The van der Waals surface area contributed by atoms with Crippen molar-refractivity contribution in [3.8, 4) is 0 Å². The first-order valence-corrected chi connectivity index (χ1v) is 10.3. The fourth-order valence-electron chi connectivity index (χ4n) is 3.97. The van der Waals surface area contributed by atoms with Crippen LogP contribution in [0.3, 0.4) is 0 Å². The summed E-state index contributed by atoms with van der Waals surface area (Å²) in [6.45, 7) is 3.33. The Bertz CT molecular complexity index is 855. The molecule has 1 saturated carbocycles. The van der Waals surface area contributed by atoms with Crippen molar-refractivity contribution < 1.29 is 4.79 Å². The molecule has 2 aromatic heterocycles. The minimum absolute atomic E-state index is 0.0101. The topological polar surface area (TPSA) is 79.6 Å². The molecule has 1 aliphatic carbocycles. The molecule has 7 nitrogen and oxygen atoms in total. The van der Waals surface area contributed by atoms with E-state index in [1.165, 1.54) is 41.2 Å². The molecule has 1 saturated heterocycles. The van der Waals surface area contributed by atoms with E-state index in [1.54, 1.807) is 0 Å². The number of anilines is 1. The second-order valence-electron chi connectivity index (χ2n) is 7.44. The van der Waals surface area contributed by atoms with E-state index in [0.717, 1.165) is 37.4 Å². The van der Waals surface area contributed by atoms with Gasteiger partial charge < -0.3 is 10.2 Å². The van der Waals surface area contributed by atoms with Gasteiger partial charge in [0.15, 0.2) is 0 Å². The molecule has 26 heavy (non-hydrogen) atoms. The van der Waals surface area contributed by atoms with Gasteiger partial charge in [-0.05, 0) is 32.6 Å². The van der Waals surface area contributed by atoms with Crippen LogP contribution in [0.4, 0.5) is 5.13 Å². The number of hydrogen-bond donors (Lipinski definition) is 1. The van der Waals surface area contributed by atoms with Gasteiger partial charge in [-0.15, -0.1) is 5.10 Å². The lowest BCUT2D eigenvalue weighted by atomic mass is 9.93. The summed E-state index contributed by atoms with van der Waals surface area (Å²) >= 11 is 1.42. The molecule has 4 rings (SSSR count). The van der Waals surface area contributed by atoms with Gasteiger partial charge in [0, 0.05) is 30.9 Å². The van der Waals surface area contributed by atoms with Crippen LogP contribution in [0.1, 0.15) is 50.6 Å². The van der Waals surface area contributed by atoms with Crippen molar-refractivity contribution in [2.75, 3.05) is 18.0 Å². The lowest BCUT2D eigenvalue weighted by Gasteiger charge is -2.33. The first kappa shape index (κ1) is 17.5. The van der Waals surface area contributed by atoms with E-state index in [4.69, 9.17) is 0 Å². The molecular weight excluding hydrogens is 350 g/mol. The lowest BCUT2D eigenvalue weighted by molar-refractivity contribution is -0.126. The van der Waals surface area contributed by atoms with E-state index < -0.39 is 0 Å². The number of amides is 1. The highest BCUT2D eigenvalue weighted by molar-refractivity contribution is 7.20. The number of aromatic nitrogens is 3. The molecule has 2 fully saturated rings. The van der Waals surface area contributed by atoms with E-state index in [2.05, 4.69) is 20.3 Å². The zero-order valence-corrected chi connectivity index (χ0v) is 15.9. The molecule has 0 spiro atoms. The third-order valence-corrected chi connectivity index (χ3v) is 6.35. The first-order chi connectivity index (χ1) is 12.6. The van der Waals surface area contributed by atoms with Gasteiger partial charge in [0.2, 0.25) is 16.0 Å². The summed E-state index contributed by atoms with van der Waals surface area (Å²) in [7, 11) is 0. The van der Waals surface area contributed by atoms with Crippen molar-refractivity contribution in [1.29, 1.82) is 0 Å². The third-order valence-electron chi connectivity index (χ3n) is 5.38. The number of carbonyl (C=O) groups is 1. The van der Waals surface area contributed by atoms with Crippen molar-refractivity contribution >= 4 is 27.3 Å². The summed E-state index contributed by atoms with van der Waals surface area (Å²) in [5.74, 6) is 0.165. The number of piperidine rings is 1. The Balaban J connectivity index is 1.47. The second kappa shape index (κ2) is 7.34. The summed E-state index contributed by atoms with van der Waals surface area (Å²) in [4.78, 5) is 31.9. The average Bonchev–Trinajstić information content (AvgIpc) is 3.07. The lowest BCUT2D eigenvalue weighted by Crippen LogP contribution is -2.46. The zero-order valence-electron chi connectivity index (χ0n) is 15.1. The highest BCUT2D eigenvalue weighted by atomic mass is 32.1. The number of nitrogens with zero attached hydrogens (tertiary/aromatic N) is 4. The van der Waals surface area contributed by atoms with Crippen molar-refractivity contribution in [3.05, 3.63) is 22.1 Å². The van der Waals surface area contributed by atoms with Crippen LogP contribution in [0, 0.1) is 12.8 Å².